The van der Waals surface area contributed by atoms with Gasteiger partial charge in [0.2, 0.25) is 0 Å². The van der Waals surface area contributed by atoms with Crippen LogP contribution in [0.3, 0.4) is 0 Å². The zero-order chi connectivity index (χ0) is 23.2. The van der Waals surface area contributed by atoms with E-state index >= 15 is 0 Å². The number of likely N-dealkylation sites (tertiary alicyclic amines) is 1. The maximum Gasteiger partial charge on any atom is 0.338 e. The summed E-state index contributed by atoms with van der Waals surface area (Å²) in [5.41, 5.74) is 4.55. The van der Waals surface area contributed by atoms with E-state index < -0.39 is 5.97 Å². The lowest BCUT2D eigenvalue weighted by atomic mass is 10.0. The van der Waals surface area contributed by atoms with Gasteiger partial charge in [-0.25, -0.2) is 9.78 Å². The number of nitrogens with one attached hydrogen (secondary N) is 2. The molecule has 2 aromatic carbocycles. The molecule has 7 nitrogen and oxygen atoms in total. The SMILES string of the molecule is Cc1nc(-c2ccc(C(=O)OCC(=O)NC3CCN(Cc4ccccc4)CC3)cc2)[nH]c1C. The maximum atomic E-state index is 12.3. The molecule has 0 atom stereocenters. The number of H-pyrrole nitrogens is 1. The second kappa shape index (κ2) is 10.4. The molecule has 7 heteroatoms. The first-order valence-electron chi connectivity index (χ1n) is 11.3. The van der Waals surface area contributed by atoms with Crippen LogP contribution in [0.15, 0.2) is 54.6 Å². The number of aromatic nitrogens is 2. The Morgan fingerprint density at radius 1 is 1.06 bits per heavy atom. The largest absolute Gasteiger partial charge is 0.452 e. The Morgan fingerprint density at radius 3 is 2.39 bits per heavy atom. The van der Waals surface area contributed by atoms with E-state index in [9.17, 15) is 9.59 Å². The van der Waals surface area contributed by atoms with Crippen LogP contribution in [0, 0.1) is 13.8 Å². The van der Waals surface area contributed by atoms with Gasteiger partial charge in [0.15, 0.2) is 6.61 Å². The van der Waals surface area contributed by atoms with Crippen molar-refractivity contribution in [3.63, 3.8) is 0 Å². The number of imidazole rings is 1. The number of rotatable bonds is 7. The average molecular weight is 447 g/mol. The van der Waals surface area contributed by atoms with Crippen LogP contribution < -0.4 is 5.32 Å². The molecule has 3 aromatic rings. The number of benzene rings is 2. The molecule has 172 valence electrons. The third-order valence-corrected chi connectivity index (χ3v) is 6.06. The van der Waals surface area contributed by atoms with Crippen LogP contribution >= 0.6 is 0 Å². The number of aryl methyl sites for hydroxylation is 2. The summed E-state index contributed by atoms with van der Waals surface area (Å²) < 4.78 is 5.22. The Labute approximate surface area is 194 Å². The van der Waals surface area contributed by atoms with E-state index in [0.717, 1.165) is 55.3 Å². The normalized spacial score (nSPS) is 14.7. The first-order chi connectivity index (χ1) is 16.0. The minimum Gasteiger partial charge on any atom is -0.452 e. The number of piperidine rings is 1. The van der Waals surface area contributed by atoms with Crippen molar-refractivity contribution in [1.29, 1.82) is 0 Å². The van der Waals surface area contributed by atoms with Gasteiger partial charge < -0.3 is 15.0 Å². The Hall–Kier alpha value is -3.45. The van der Waals surface area contributed by atoms with Crippen molar-refractivity contribution in [3.05, 3.63) is 77.1 Å². The van der Waals surface area contributed by atoms with E-state index in [4.69, 9.17) is 4.74 Å². The molecule has 0 bridgehead atoms. The molecule has 1 aromatic heterocycles. The number of carbonyl (C=O) groups excluding carboxylic acids is 2. The summed E-state index contributed by atoms with van der Waals surface area (Å²) in [6, 6.07) is 17.5. The van der Waals surface area contributed by atoms with E-state index in [1.165, 1.54) is 5.56 Å². The van der Waals surface area contributed by atoms with Crippen LogP contribution in [0.4, 0.5) is 0 Å². The minimum absolute atomic E-state index is 0.114. The van der Waals surface area contributed by atoms with Crippen molar-refractivity contribution in [2.24, 2.45) is 0 Å². The monoisotopic (exact) mass is 446 g/mol. The predicted octanol–water partition coefficient (Wildman–Crippen LogP) is 3.63. The standard InChI is InChI=1S/C26H30N4O3/c1-18-19(2)28-25(27-18)21-8-10-22(11-9-21)26(32)33-17-24(31)29-23-12-14-30(15-13-23)16-20-6-4-3-5-7-20/h3-11,23H,12-17H2,1-2H3,(H,27,28)(H,29,31). The second-order valence-electron chi connectivity index (χ2n) is 8.55. The molecule has 0 radical (unpaired) electrons. The molecule has 2 heterocycles. The fourth-order valence-electron chi connectivity index (χ4n) is 4.01. The predicted molar refractivity (Wildman–Crippen MR) is 127 cm³/mol. The third kappa shape index (κ3) is 6.08. The fraction of sp³-hybridized carbons (Fsp3) is 0.346. The summed E-state index contributed by atoms with van der Waals surface area (Å²) in [5, 5.41) is 2.99. The molecule has 4 rings (SSSR count). The van der Waals surface area contributed by atoms with Crippen molar-refractivity contribution < 1.29 is 14.3 Å². The maximum absolute atomic E-state index is 12.3. The van der Waals surface area contributed by atoms with E-state index in [-0.39, 0.29) is 18.6 Å². The molecule has 1 fully saturated rings. The molecule has 0 saturated carbocycles. The summed E-state index contributed by atoms with van der Waals surface area (Å²) in [6.45, 7) is 6.43. The van der Waals surface area contributed by atoms with Crippen molar-refractivity contribution in [2.45, 2.75) is 39.3 Å². The highest BCUT2D eigenvalue weighted by molar-refractivity contribution is 5.91. The molecule has 1 amide bonds. The van der Waals surface area contributed by atoms with Gasteiger partial charge in [-0.1, -0.05) is 42.5 Å². The molecule has 1 aliphatic rings. The first kappa shape index (κ1) is 22.7. The van der Waals surface area contributed by atoms with Gasteiger partial charge in [-0.2, -0.15) is 0 Å². The Morgan fingerprint density at radius 2 is 1.76 bits per heavy atom. The molecule has 1 aliphatic heterocycles. The summed E-state index contributed by atoms with van der Waals surface area (Å²) in [4.78, 5) is 34.7. The van der Waals surface area contributed by atoms with Crippen LogP contribution in [-0.4, -0.2) is 52.5 Å². The van der Waals surface area contributed by atoms with Crippen molar-refractivity contribution >= 4 is 11.9 Å². The summed E-state index contributed by atoms with van der Waals surface area (Å²) >= 11 is 0. The van der Waals surface area contributed by atoms with Crippen molar-refractivity contribution in [2.75, 3.05) is 19.7 Å². The van der Waals surface area contributed by atoms with Crippen LogP contribution in [0.1, 0.15) is 40.2 Å². The first-order valence-corrected chi connectivity index (χ1v) is 11.3. The Kier molecular flexibility index (Phi) is 7.19. The van der Waals surface area contributed by atoms with Crippen molar-refractivity contribution in [3.8, 4) is 11.4 Å². The van der Waals surface area contributed by atoms with E-state index in [0.29, 0.717) is 5.56 Å². The molecule has 33 heavy (non-hydrogen) atoms. The lowest BCUT2D eigenvalue weighted by molar-refractivity contribution is -0.125. The number of hydrogen-bond acceptors (Lipinski definition) is 5. The lowest BCUT2D eigenvalue weighted by Crippen LogP contribution is -2.45. The highest BCUT2D eigenvalue weighted by Gasteiger charge is 2.21. The average Bonchev–Trinajstić information content (AvgIpc) is 3.17. The topological polar surface area (TPSA) is 87.3 Å². The quantitative estimate of drug-likeness (QED) is 0.541. The summed E-state index contributed by atoms with van der Waals surface area (Å²) in [5.74, 6) is -0.0108. The third-order valence-electron chi connectivity index (χ3n) is 6.06. The number of esters is 1. The number of amides is 1. The number of aromatic amines is 1. The molecule has 2 N–H and O–H groups in total. The van der Waals surface area contributed by atoms with Gasteiger partial charge in [0.05, 0.1) is 11.3 Å². The van der Waals surface area contributed by atoms with Gasteiger partial charge in [-0.05, 0) is 44.4 Å². The van der Waals surface area contributed by atoms with E-state index in [2.05, 4.69) is 44.5 Å². The van der Waals surface area contributed by atoms with Crippen LogP contribution in [0.25, 0.3) is 11.4 Å². The highest BCUT2D eigenvalue weighted by atomic mass is 16.5. The summed E-state index contributed by atoms with van der Waals surface area (Å²) in [7, 11) is 0. The van der Waals surface area contributed by atoms with Crippen LogP contribution in [0.2, 0.25) is 0 Å². The smallest absolute Gasteiger partial charge is 0.338 e. The molecule has 0 unspecified atom stereocenters. The van der Waals surface area contributed by atoms with Gasteiger partial charge in [0.25, 0.3) is 5.91 Å². The molecule has 0 aliphatic carbocycles. The molecule has 0 spiro atoms. The van der Waals surface area contributed by atoms with Crippen LogP contribution in [-0.2, 0) is 16.1 Å². The number of carbonyl (C=O) groups is 2. The van der Waals surface area contributed by atoms with Gasteiger partial charge in [-0.3, -0.25) is 9.69 Å². The molecular formula is C26H30N4O3. The molecular weight excluding hydrogens is 416 g/mol. The van der Waals surface area contributed by atoms with Gasteiger partial charge in [0, 0.05) is 36.9 Å². The second-order valence-corrected chi connectivity index (χ2v) is 8.55. The zero-order valence-corrected chi connectivity index (χ0v) is 19.1. The minimum atomic E-state index is -0.513. The highest BCUT2D eigenvalue weighted by Crippen LogP contribution is 2.19. The number of hydrogen-bond donors (Lipinski definition) is 2. The Balaban J connectivity index is 1.19. The number of ether oxygens (including phenoxy) is 1. The van der Waals surface area contributed by atoms with E-state index in [1.54, 1.807) is 12.1 Å². The zero-order valence-electron chi connectivity index (χ0n) is 19.1. The Bertz CT molecular complexity index is 1060. The lowest BCUT2D eigenvalue weighted by Gasteiger charge is -2.32. The summed E-state index contributed by atoms with van der Waals surface area (Å²) in [6.07, 6.45) is 1.78. The number of nitrogens with zero attached hydrogens (tertiary/aromatic N) is 2. The van der Waals surface area contributed by atoms with E-state index in [1.807, 2.05) is 32.0 Å². The van der Waals surface area contributed by atoms with Gasteiger partial charge in [-0.15, -0.1) is 0 Å². The van der Waals surface area contributed by atoms with Crippen LogP contribution in [0.5, 0.6) is 0 Å². The van der Waals surface area contributed by atoms with Crippen molar-refractivity contribution in [1.82, 2.24) is 20.2 Å². The van der Waals surface area contributed by atoms with Gasteiger partial charge >= 0.3 is 5.97 Å². The fourth-order valence-corrected chi connectivity index (χ4v) is 4.01. The van der Waals surface area contributed by atoms with Gasteiger partial charge in [0.1, 0.15) is 5.82 Å². The molecule has 1 saturated heterocycles.